The third-order valence-electron chi connectivity index (χ3n) is 3.67. The molecule has 94 valence electrons. The predicted octanol–water partition coefficient (Wildman–Crippen LogP) is 1.30. The maximum absolute atomic E-state index is 10.8. The van der Waals surface area contributed by atoms with Crippen LogP contribution in [-0.2, 0) is 4.79 Å². The highest BCUT2D eigenvalue weighted by Crippen LogP contribution is 2.30. The normalized spacial score (nSPS) is 22.0. The third kappa shape index (κ3) is 3.76. The van der Waals surface area contributed by atoms with E-state index in [1.54, 1.807) is 0 Å². The molecule has 2 unspecified atom stereocenters. The lowest BCUT2D eigenvalue weighted by Gasteiger charge is -2.35. The van der Waals surface area contributed by atoms with E-state index in [9.17, 15) is 4.79 Å². The van der Waals surface area contributed by atoms with Gasteiger partial charge in [0.05, 0.1) is 0 Å². The van der Waals surface area contributed by atoms with Crippen molar-refractivity contribution in [2.24, 2.45) is 11.7 Å². The number of hydrogen-bond acceptors (Lipinski definition) is 3. The average molecular weight is 228 g/mol. The van der Waals surface area contributed by atoms with Gasteiger partial charge in [-0.2, -0.15) is 0 Å². The van der Waals surface area contributed by atoms with Crippen molar-refractivity contribution in [2.45, 2.75) is 50.6 Å². The number of nitrogens with two attached hydrogens (primary N) is 1. The summed E-state index contributed by atoms with van der Waals surface area (Å²) in [5.41, 5.74) is 5.64. The van der Waals surface area contributed by atoms with E-state index in [1.807, 2.05) is 14.1 Å². The third-order valence-corrected chi connectivity index (χ3v) is 3.67. The molecule has 4 heteroatoms. The first kappa shape index (κ1) is 13.5. The number of hydrogen-bond donors (Lipinski definition) is 2. The first-order valence-corrected chi connectivity index (χ1v) is 6.17. The second-order valence-electron chi connectivity index (χ2n) is 5.11. The van der Waals surface area contributed by atoms with Crippen LogP contribution in [0.5, 0.6) is 0 Å². The van der Waals surface area contributed by atoms with Gasteiger partial charge in [0, 0.05) is 6.04 Å². The number of nitrogens with zero attached hydrogens (tertiary/aromatic N) is 1. The summed E-state index contributed by atoms with van der Waals surface area (Å²) in [5, 5.41) is 8.87. The molecule has 0 aliphatic heterocycles. The minimum Gasteiger partial charge on any atom is -0.480 e. The monoisotopic (exact) mass is 228 g/mol. The molecule has 1 saturated carbocycles. The Hall–Kier alpha value is -0.610. The van der Waals surface area contributed by atoms with Gasteiger partial charge in [-0.05, 0) is 39.3 Å². The van der Waals surface area contributed by atoms with Crippen LogP contribution in [0.3, 0.4) is 0 Å². The van der Waals surface area contributed by atoms with E-state index in [-0.39, 0.29) is 0 Å². The Morgan fingerprint density at radius 2 is 1.94 bits per heavy atom. The van der Waals surface area contributed by atoms with Gasteiger partial charge >= 0.3 is 5.97 Å². The molecule has 16 heavy (non-hydrogen) atoms. The number of aliphatic carboxylic acids is 1. The van der Waals surface area contributed by atoms with E-state index in [2.05, 4.69) is 4.90 Å². The fraction of sp³-hybridized carbons (Fsp3) is 0.917. The van der Waals surface area contributed by atoms with Crippen LogP contribution in [0.4, 0.5) is 0 Å². The minimum absolute atomic E-state index is 0.311. The highest BCUT2D eigenvalue weighted by molar-refractivity contribution is 5.73. The Morgan fingerprint density at radius 1 is 1.38 bits per heavy atom. The van der Waals surface area contributed by atoms with Crippen molar-refractivity contribution in [3.63, 3.8) is 0 Å². The summed E-state index contributed by atoms with van der Waals surface area (Å²) < 4.78 is 0. The summed E-state index contributed by atoms with van der Waals surface area (Å²) in [5.74, 6) is -0.267. The maximum Gasteiger partial charge on any atom is 0.320 e. The first-order chi connectivity index (χ1) is 7.52. The largest absolute Gasteiger partial charge is 0.480 e. The van der Waals surface area contributed by atoms with E-state index in [0.717, 1.165) is 0 Å². The number of rotatable bonds is 5. The van der Waals surface area contributed by atoms with E-state index in [4.69, 9.17) is 10.8 Å². The van der Waals surface area contributed by atoms with Crippen LogP contribution in [0.2, 0.25) is 0 Å². The van der Waals surface area contributed by atoms with Gasteiger partial charge < -0.3 is 15.7 Å². The van der Waals surface area contributed by atoms with Crippen LogP contribution >= 0.6 is 0 Å². The summed E-state index contributed by atoms with van der Waals surface area (Å²) in [6.45, 7) is 0. The molecule has 0 saturated heterocycles. The molecule has 0 heterocycles. The Balaban J connectivity index is 2.55. The minimum atomic E-state index is -0.886. The zero-order valence-electron chi connectivity index (χ0n) is 10.4. The maximum atomic E-state index is 10.8. The van der Waals surface area contributed by atoms with Gasteiger partial charge in [-0.3, -0.25) is 4.79 Å². The van der Waals surface area contributed by atoms with Crippen molar-refractivity contribution in [1.82, 2.24) is 4.90 Å². The quantitative estimate of drug-likeness (QED) is 0.744. The van der Waals surface area contributed by atoms with E-state index >= 15 is 0 Å². The van der Waals surface area contributed by atoms with Crippen molar-refractivity contribution in [3.05, 3.63) is 0 Å². The van der Waals surface area contributed by atoms with Crippen molar-refractivity contribution >= 4 is 5.97 Å². The Kier molecular flexibility index (Phi) is 5.22. The summed E-state index contributed by atoms with van der Waals surface area (Å²) >= 11 is 0. The smallest absolute Gasteiger partial charge is 0.320 e. The van der Waals surface area contributed by atoms with Gasteiger partial charge in [0.1, 0.15) is 6.04 Å². The lowest BCUT2D eigenvalue weighted by Crippen LogP contribution is -2.43. The summed E-state index contributed by atoms with van der Waals surface area (Å²) in [4.78, 5) is 12.9. The van der Waals surface area contributed by atoms with Crippen molar-refractivity contribution in [2.75, 3.05) is 14.1 Å². The van der Waals surface area contributed by atoms with Gasteiger partial charge in [0.2, 0.25) is 0 Å². The molecule has 1 aliphatic rings. The highest BCUT2D eigenvalue weighted by atomic mass is 16.4. The fourth-order valence-corrected chi connectivity index (χ4v) is 2.70. The molecule has 0 bridgehead atoms. The van der Waals surface area contributed by atoms with Crippen molar-refractivity contribution in [1.29, 1.82) is 0 Å². The van der Waals surface area contributed by atoms with Crippen LogP contribution < -0.4 is 5.73 Å². The molecule has 0 aromatic heterocycles. The molecule has 3 N–H and O–H groups in total. The van der Waals surface area contributed by atoms with Crippen LogP contribution in [0, 0.1) is 5.92 Å². The standard InChI is InChI=1S/C12H24N2O2/c1-14(2)11(8-10(13)12(15)16)9-6-4-3-5-7-9/h9-11H,3-8,13H2,1-2H3,(H,15,16). The van der Waals surface area contributed by atoms with Gasteiger partial charge in [0.15, 0.2) is 0 Å². The molecular formula is C12H24N2O2. The summed E-state index contributed by atoms with van der Waals surface area (Å²) in [6.07, 6.45) is 6.87. The van der Waals surface area contributed by atoms with Gasteiger partial charge in [-0.1, -0.05) is 19.3 Å². The molecule has 2 atom stereocenters. The highest BCUT2D eigenvalue weighted by Gasteiger charge is 2.28. The number of carbonyl (C=O) groups is 1. The second kappa shape index (κ2) is 6.21. The molecule has 0 amide bonds. The average Bonchev–Trinajstić information content (AvgIpc) is 2.26. The molecular weight excluding hydrogens is 204 g/mol. The lowest BCUT2D eigenvalue weighted by molar-refractivity contribution is -0.139. The number of carboxylic acid groups (broad SMARTS) is 1. The molecule has 0 aromatic carbocycles. The molecule has 1 fully saturated rings. The van der Waals surface area contributed by atoms with Crippen LogP contribution in [0.25, 0.3) is 0 Å². The lowest BCUT2D eigenvalue weighted by atomic mass is 9.81. The molecule has 0 radical (unpaired) electrons. The van der Waals surface area contributed by atoms with Gasteiger partial charge in [-0.25, -0.2) is 0 Å². The van der Waals surface area contributed by atoms with Crippen LogP contribution in [-0.4, -0.2) is 42.2 Å². The SMILES string of the molecule is CN(C)C(CC(N)C(=O)O)C1CCCCC1. The molecule has 1 rings (SSSR count). The molecule has 4 nitrogen and oxygen atoms in total. The molecule has 0 aromatic rings. The molecule has 0 spiro atoms. The summed E-state index contributed by atoms with van der Waals surface area (Å²) in [7, 11) is 4.04. The summed E-state index contributed by atoms with van der Waals surface area (Å²) in [6, 6.07) is -0.416. The van der Waals surface area contributed by atoms with Crippen molar-refractivity contribution in [3.8, 4) is 0 Å². The first-order valence-electron chi connectivity index (χ1n) is 6.17. The van der Waals surface area contributed by atoms with Gasteiger partial charge in [-0.15, -0.1) is 0 Å². The van der Waals surface area contributed by atoms with Crippen molar-refractivity contribution < 1.29 is 9.90 Å². The zero-order chi connectivity index (χ0) is 12.1. The Morgan fingerprint density at radius 3 is 2.38 bits per heavy atom. The topological polar surface area (TPSA) is 66.6 Å². The zero-order valence-corrected chi connectivity index (χ0v) is 10.4. The van der Waals surface area contributed by atoms with E-state index in [0.29, 0.717) is 18.4 Å². The van der Waals surface area contributed by atoms with Crippen LogP contribution in [0.15, 0.2) is 0 Å². The fourth-order valence-electron chi connectivity index (χ4n) is 2.70. The van der Waals surface area contributed by atoms with E-state index < -0.39 is 12.0 Å². The van der Waals surface area contributed by atoms with E-state index in [1.165, 1.54) is 32.1 Å². The second-order valence-corrected chi connectivity index (χ2v) is 5.11. The van der Waals surface area contributed by atoms with Crippen LogP contribution in [0.1, 0.15) is 38.5 Å². The Labute approximate surface area is 97.8 Å². The van der Waals surface area contributed by atoms with Gasteiger partial charge in [0.25, 0.3) is 0 Å². The Bertz CT molecular complexity index is 225. The predicted molar refractivity (Wildman–Crippen MR) is 64.3 cm³/mol. The number of carboxylic acids is 1. The molecule has 1 aliphatic carbocycles.